The number of nitrogens with one attached hydrogen (secondary N) is 1. The maximum Gasteiger partial charge on any atom is 0.338 e. The highest BCUT2D eigenvalue weighted by Crippen LogP contribution is 2.19. The minimum atomic E-state index is -3.88. The van der Waals surface area contributed by atoms with Gasteiger partial charge >= 0.3 is 5.97 Å². The number of halogens is 1. The lowest BCUT2D eigenvalue weighted by molar-refractivity contribution is 0.0526. The van der Waals surface area contributed by atoms with Crippen LogP contribution in [0.15, 0.2) is 47.4 Å². The third-order valence-corrected chi connectivity index (χ3v) is 4.44. The number of aryl methyl sites for hydroxylation is 1. The smallest absolute Gasteiger partial charge is 0.338 e. The van der Waals surface area contributed by atoms with Crippen molar-refractivity contribution in [2.75, 3.05) is 11.3 Å². The molecule has 2 rings (SSSR count). The maximum absolute atomic E-state index is 13.3. The molecule has 0 fully saturated rings. The summed E-state index contributed by atoms with van der Waals surface area (Å²) in [6, 6.07) is 9.48. The van der Waals surface area contributed by atoms with E-state index in [1.807, 2.05) is 0 Å². The van der Waals surface area contributed by atoms with Crippen molar-refractivity contribution in [1.82, 2.24) is 0 Å². The molecule has 5 nitrogen and oxygen atoms in total. The fourth-order valence-corrected chi connectivity index (χ4v) is 3.06. The average molecular weight is 337 g/mol. The van der Waals surface area contributed by atoms with E-state index in [0.29, 0.717) is 0 Å². The van der Waals surface area contributed by atoms with Crippen molar-refractivity contribution in [3.8, 4) is 0 Å². The Hall–Kier alpha value is -2.41. The van der Waals surface area contributed by atoms with Gasteiger partial charge in [-0.1, -0.05) is 6.07 Å². The van der Waals surface area contributed by atoms with E-state index < -0.39 is 21.8 Å². The van der Waals surface area contributed by atoms with Gasteiger partial charge in [-0.05, 0) is 55.8 Å². The van der Waals surface area contributed by atoms with Crippen LogP contribution in [-0.4, -0.2) is 21.0 Å². The number of hydrogen-bond acceptors (Lipinski definition) is 4. The van der Waals surface area contributed by atoms with E-state index in [2.05, 4.69) is 4.72 Å². The number of sulfonamides is 1. The van der Waals surface area contributed by atoms with Crippen molar-refractivity contribution in [2.24, 2.45) is 0 Å². The summed E-state index contributed by atoms with van der Waals surface area (Å²) in [7, 11) is -3.88. The largest absolute Gasteiger partial charge is 0.462 e. The summed E-state index contributed by atoms with van der Waals surface area (Å²) >= 11 is 0. The summed E-state index contributed by atoms with van der Waals surface area (Å²) in [6.07, 6.45) is 0. The lowest BCUT2D eigenvalue weighted by Gasteiger charge is -2.10. The van der Waals surface area contributed by atoms with E-state index in [4.69, 9.17) is 4.74 Å². The number of carbonyl (C=O) groups excluding carboxylic acids is 1. The van der Waals surface area contributed by atoms with Crippen LogP contribution in [0.1, 0.15) is 22.8 Å². The highest BCUT2D eigenvalue weighted by atomic mass is 32.2. The average Bonchev–Trinajstić information content (AvgIpc) is 2.50. The number of anilines is 1. The fourth-order valence-electron chi connectivity index (χ4n) is 1.92. The van der Waals surface area contributed by atoms with Crippen LogP contribution < -0.4 is 4.72 Å². The molecule has 0 aromatic heterocycles. The summed E-state index contributed by atoms with van der Waals surface area (Å²) in [5, 5.41) is 0. The second-order valence-electron chi connectivity index (χ2n) is 4.82. The monoisotopic (exact) mass is 337 g/mol. The second-order valence-corrected chi connectivity index (χ2v) is 6.50. The third-order valence-electron chi connectivity index (χ3n) is 3.07. The van der Waals surface area contributed by atoms with Crippen LogP contribution in [0, 0.1) is 12.7 Å². The Morgan fingerprint density at radius 1 is 1.22 bits per heavy atom. The van der Waals surface area contributed by atoms with Crippen molar-refractivity contribution in [1.29, 1.82) is 0 Å². The quantitative estimate of drug-likeness (QED) is 0.851. The SMILES string of the molecule is CCOC(=O)c1cccc(NS(=O)(=O)c2ccc(F)c(C)c2)c1. The molecular weight excluding hydrogens is 321 g/mol. The highest BCUT2D eigenvalue weighted by Gasteiger charge is 2.16. The molecule has 0 aliphatic carbocycles. The number of rotatable bonds is 5. The Labute approximate surface area is 134 Å². The standard InChI is InChI=1S/C16H16FNO4S/c1-3-22-16(19)12-5-4-6-13(10-12)18-23(20,21)14-7-8-15(17)11(2)9-14/h4-10,18H,3H2,1-2H3. The Morgan fingerprint density at radius 2 is 1.96 bits per heavy atom. The molecule has 122 valence electrons. The predicted octanol–water partition coefficient (Wildman–Crippen LogP) is 3.11. The molecule has 0 unspecified atom stereocenters. The molecule has 0 saturated heterocycles. The van der Waals surface area contributed by atoms with Crippen LogP contribution in [0.2, 0.25) is 0 Å². The molecule has 0 bridgehead atoms. The van der Waals surface area contributed by atoms with Crippen molar-refractivity contribution in [2.45, 2.75) is 18.7 Å². The molecule has 0 amide bonds. The van der Waals surface area contributed by atoms with Crippen molar-refractivity contribution < 1.29 is 22.3 Å². The zero-order valence-corrected chi connectivity index (χ0v) is 13.5. The van der Waals surface area contributed by atoms with Crippen LogP contribution in [-0.2, 0) is 14.8 Å². The zero-order valence-electron chi connectivity index (χ0n) is 12.7. The Bertz CT molecular complexity index is 834. The zero-order chi connectivity index (χ0) is 17.0. The first kappa shape index (κ1) is 17.0. The first-order chi connectivity index (χ1) is 10.8. The van der Waals surface area contributed by atoms with Crippen molar-refractivity contribution in [3.63, 3.8) is 0 Å². The van der Waals surface area contributed by atoms with E-state index in [0.717, 1.165) is 6.07 Å². The van der Waals surface area contributed by atoms with E-state index in [1.165, 1.54) is 37.3 Å². The molecule has 7 heteroatoms. The summed E-state index contributed by atoms with van der Waals surface area (Å²) in [5.41, 5.74) is 0.688. The lowest BCUT2D eigenvalue weighted by atomic mass is 10.2. The Balaban J connectivity index is 2.28. The number of ether oxygens (including phenoxy) is 1. The summed E-state index contributed by atoms with van der Waals surface area (Å²) in [4.78, 5) is 11.6. The molecule has 23 heavy (non-hydrogen) atoms. The summed E-state index contributed by atoms with van der Waals surface area (Å²) in [5.74, 6) is -1.01. The van der Waals surface area contributed by atoms with Crippen molar-refractivity contribution >= 4 is 21.7 Å². The molecular formula is C16H16FNO4S. The van der Waals surface area contributed by atoms with Gasteiger partial charge in [0.15, 0.2) is 0 Å². The van der Waals surface area contributed by atoms with E-state index in [1.54, 1.807) is 13.0 Å². The van der Waals surface area contributed by atoms with Gasteiger partial charge in [0.05, 0.1) is 17.1 Å². The van der Waals surface area contributed by atoms with Gasteiger partial charge in [-0.2, -0.15) is 0 Å². The normalized spacial score (nSPS) is 11.1. The summed E-state index contributed by atoms with van der Waals surface area (Å²) < 4.78 is 45.1. The number of carbonyl (C=O) groups is 1. The molecule has 2 aromatic rings. The van der Waals surface area contributed by atoms with E-state index >= 15 is 0 Å². The number of benzene rings is 2. The first-order valence-corrected chi connectivity index (χ1v) is 8.38. The van der Waals surface area contributed by atoms with Crippen LogP contribution >= 0.6 is 0 Å². The molecule has 0 aliphatic heterocycles. The Morgan fingerprint density at radius 3 is 2.61 bits per heavy atom. The van der Waals surface area contributed by atoms with Gasteiger partial charge in [-0.3, -0.25) is 4.72 Å². The third kappa shape index (κ3) is 4.07. The fraction of sp³-hybridized carbons (Fsp3) is 0.188. The van der Waals surface area contributed by atoms with Gasteiger partial charge in [-0.15, -0.1) is 0 Å². The predicted molar refractivity (Wildman–Crippen MR) is 84.3 cm³/mol. The van der Waals surface area contributed by atoms with E-state index in [-0.39, 0.29) is 28.3 Å². The topological polar surface area (TPSA) is 72.5 Å². The first-order valence-electron chi connectivity index (χ1n) is 6.89. The minimum Gasteiger partial charge on any atom is -0.462 e. The lowest BCUT2D eigenvalue weighted by Crippen LogP contribution is -2.14. The molecule has 1 N–H and O–H groups in total. The summed E-state index contributed by atoms with van der Waals surface area (Å²) in [6.45, 7) is 3.39. The van der Waals surface area contributed by atoms with Crippen LogP contribution in [0.4, 0.5) is 10.1 Å². The van der Waals surface area contributed by atoms with Gasteiger partial charge in [0.25, 0.3) is 10.0 Å². The van der Waals surface area contributed by atoms with Gasteiger partial charge in [0.2, 0.25) is 0 Å². The van der Waals surface area contributed by atoms with Gasteiger partial charge in [0.1, 0.15) is 5.82 Å². The molecule has 2 aromatic carbocycles. The highest BCUT2D eigenvalue weighted by molar-refractivity contribution is 7.92. The van der Waals surface area contributed by atoms with Crippen LogP contribution in [0.5, 0.6) is 0 Å². The van der Waals surface area contributed by atoms with Crippen LogP contribution in [0.25, 0.3) is 0 Å². The van der Waals surface area contributed by atoms with Gasteiger partial charge in [-0.25, -0.2) is 17.6 Å². The molecule has 0 atom stereocenters. The van der Waals surface area contributed by atoms with Gasteiger partial charge < -0.3 is 4.74 Å². The minimum absolute atomic E-state index is 0.0575. The molecule has 0 heterocycles. The number of esters is 1. The van der Waals surface area contributed by atoms with Crippen molar-refractivity contribution in [3.05, 3.63) is 59.4 Å². The molecule has 0 radical (unpaired) electrons. The molecule has 0 aliphatic rings. The second kappa shape index (κ2) is 6.78. The number of hydrogen-bond donors (Lipinski definition) is 1. The maximum atomic E-state index is 13.3. The molecule has 0 saturated carbocycles. The van der Waals surface area contributed by atoms with Gasteiger partial charge in [0, 0.05) is 5.69 Å². The van der Waals surface area contributed by atoms with E-state index in [9.17, 15) is 17.6 Å². The molecule has 0 spiro atoms. The van der Waals surface area contributed by atoms with Crippen LogP contribution in [0.3, 0.4) is 0 Å². The Kier molecular flexibility index (Phi) is 5.00.